The van der Waals surface area contributed by atoms with E-state index < -0.39 is 0 Å². The third-order valence-corrected chi connectivity index (χ3v) is 4.43. The second-order valence-corrected chi connectivity index (χ2v) is 7.19. The van der Waals surface area contributed by atoms with E-state index in [0.717, 1.165) is 4.47 Å². The van der Waals surface area contributed by atoms with Crippen LogP contribution in [-0.2, 0) is 14.4 Å². The number of likely N-dealkylation sites (tertiary alicyclic amines) is 1. The number of amides is 3. The van der Waals surface area contributed by atoms with E-state index in [4.69, 9.17) is 0 Å². The van der Waals surface area contributed by atoms with Crippen LogP contribution in [0.3, 0.4) is 0 Å². The first kappa shape index (κ1) is 18.4. The van der Waals surface area contributed by atoms with E-state index in [2.05, 4.69) is 26.6 Å². The van der Waals surface area contributed by atoms with Gasteiger partial charge in [0.1, 0.15) is 0 Å². The Balaban J connectivity index is 1.80. The van der Waals surface area contributed by atoms with Crippen LogP contribution >= 0.6 is 15.9 Å². The summed E-state index contributed by atoms with van der Waals surface area (Å²) in [5.41, 5.74) is 0.649. The Kier molecular flexibility index (Phi) is 6.36. The summed E-state index contributed by atoms with van der Waals surface area (Å²) in [6, 6.07) is 7.25. The number of nitrogens with zero attached hydrogens (tertiary/aromatic N) is 1. The quantitative estimate of drug-likeness (QED) is 0.772. The van der Waals surface area contributed by atoms with Gasteiger partial charge in [-0.3, -0.25) is 14.4 Å². The Morgan fingerprint density at radius 1 is 1.33 bits per heavy atom. The van der Waals surface area contributed by atoms with Crippen molar-refractivity contribution in [1.29, 1.82) is 0 Å². The van der Waals surface area contributed by atoms with Crippen molar-refractivity contribution >= 4 is 39.3 Å². The molecule has 6 nitrogen and oxygen atoms in total. The Hall–Kier alpha value is -1.89. The smallest absolute Gasteiger partial charge is 0.243 e. The van der Waals surface area contributed by atoms with E-state index in [-0.39, 0.29) is 36.6 Å². The Morgan fingerprint density at radius 3 is 2.71 bits per heavy atom. The summed E-state index contributed by atoms with van der Waals surface area (Å²) >= 11 is 3.35. The van der Waals surface area contributed by atoms with Crippen LogP contribution in [0.2, 0.25) is 0 Å². The molecular formula is C17H22BrN3O3. The predicted octanol–water partition coefficient (Wildman–Crippen LogP) is 2.01. The summed E-state index contributed by atoms with van der Waals surface area (Å²) < 4.78 is 0.774. The fourth-order valence-electron chi connectivity index (χ4n) is 2.63. The highest BCUT2D eigenvalue weighted by Gasteiger charge is 2.34. The van der Waals surface area contributed by atoms with Crippen LogP contribution in [0.15, 0.2) is 28.7 Å². The molecule has 1 atom stereocenters. The maximum atomic E-state index is 12.2. The zero-order valence-electron chi connectivity index (χ0n) is 13.8. The van der Waals surface area contributed by atoms with Gasteiger partial charge in [-0.05, 0) is 34.0 Å². The number of carbonyl (C=O) groups is 3. The van der Waals surface area contributed by atoms with Gasteiger partial charge in [0, 0.05) is 24.0 Å². The molecule has 3 amide bonds. The van der Waals surface area contributed by atoms with Crippen LogP contribution in [0.4, 0.5) is 5.69 Å². The third-order valence-electron chi connectivity index (χ3n) is 3.74. The summed E-state index contributed by atoms with van der Waals surface area (Å²) in [6.07, 6.45) is 0.213. The lowest BCUT2D eigenvalue weighted by molar-refractivity contribution is -0.129. The molecule has 1 aromatic carbocycles. The molecule has 0 saturated carbocycles. The van der Waals surface area contributed by atoms with E-state index in [0.29, 0.717) is 24.7 Å². The minimum absolute atomic E-state index is 0.00141. The summed E-state index contributed by atoms with van der Waals surface area (Å²) in [7, 11) is 0. The first-order valence-electron chi connectivity index (χ1n) is 7.96. The highest BCUT2D eigenvalue weighted by Crippen LogP contribution is 2.21. The Bertz CT molecular complexity index is 633. The number of hydrogen-bond acceptors (Lipinski definition) is 3. The molecule has 1 aromatic rings. The normalized spacial score (nSPS) is 17.2. The van der Waals surface area contributed by atoms with Crippen LogP contribution < -0.4 is 10.6 Å². The third kappa shape index (κ3) is 5.06. The number of nitrogens with one attached hydrogen (secondary N) is 2. The van der Waals surface area contributed by atoms with Crippen molar-refractivity contribution in [3.63, 3.8) is 0 Å². The molecule has 24 heavy (non-hydrogen) atoms. The van der Waals surface area contributed by atoms with Gasteiger partial charge in [-0.2, -0.15) is 0 Å². The monoisotopic (exact) mass is 395 g/mol. The molecule has 2 N–H and O–H groups in total. The minimum Gasteiger partial charge on any atom is -0.347 e. The minimum atomic E-state index is -0.382. The maximum absolute atomic E-state index is 12.2. The molecule has 1 saturated heterocycles. The van der Waals surface area contributed by atoms with Gasteiger partial charge in [0.25, 0.3) is 0 Å². The molecule has 130 valence electrons. The lowest BCUT2D eigenvalue weighted by Crippen LogP contribution is -2.38. The van der Waals surface area contributed by atoms with Gasteiger partial charge in [-0.25, -0.2) is 0 Å². The van der Waals surface area contributed by atoms with E-state index >= 15 is 0 Å². The number of rotatable bonds is 6. The molecular weight excluding hydrogens is 374 g/mol. The van der Waals surface area contributed by atoms with Gasteiger partial charge in [-0.15, -0.1) is 0 Å². The van der Waals surface area contributed by atoms with Gasteiger partial charge in [-0.1, -0.05) is 26.0 Å². The first-order chi connectivity index (χ1) is 11.4. The van der Waals surface area contributed by atoms with E-state index in [1.54, 1.807) is 11.0 Å². The predicted molar refractivity (Wildman–Crippen MR) is 95.3 cm³/mol. The summed E-state index contributed by atoms with van der Waals surface area (Å²) in [5.74, 6) is -0.574. The lowest BCUT2D eigenvalue weighted by atomic mass is 10.1. The maximum Gasteiger partial charge on any atom is 0.243 e. The number of halogens is 1. The first-order valence-corrected chi connectivity index (χ1v) is 8.76. The second-order valence-electron chi connectivity index (χ2n) is 6.34. The number of benzene rings is 1. The summed E-state index contributed by atoms with van der Waals surface area (Å²) in [5, 5.41) is 5.34. The number of carbonyl (C=O) groups excluding carboxylic acids is 3. The highest BCUT2D eigenvalue weighted by molar-refractivity contribution is 9.10. The molecule has 7 heteroatoms. The fraction of sp³-hybridized carbons (Fsp3) is 0.471. The SMILES string of the molecule is CC(C)CN1C[C@H](C(=O)NCC(=O)Nc2ccccc2Br)CC1=O. The Morgan fingerprint density at radius 2 is 2.04 bits per heavy atom. The van der Waals surface area contributed by atoms with Crippen LogP contribution in [0.1, 0.15) is 20.3 Å². The molecule has 1 aliphatic rings. The van der Waals surface area contributed by atoms with Gasteiger partial charge in [0.2, 0.25) is 17.7 Å². The number of anilines is 1. The largest absolute Gasteiger partial charge is 0.347 e. The molecule has 1 heterocycles. The van der Waals surface area contributed by atoms with Crippen molar-refractivity contribution in [2.45, 2.75) is 20.3 Å². The van der Waals surface area contributed by atoms with Crippen molar-refractivity contribution in [2.24, 2.45) is 11.8 Å². The Labute approximate surface area is 150 Å². The van der Waals surface area contributed by atoms with Crippen molar-refractivity contribution in [2.75, 3.05) is 25.0 Å². The standard InChI is InChI=1S/C17H22BrN3O3/c1-11(2)9-21-10-12(7-16(21)23)17(24)19-8-15(22)20-14-6-4-3-5-13(14)18/h3-6,11-12H,7-10H2,1-2H3,(H,19,24)(H,20,22)/t12-/m1/s1. The molecule has 0 aliphatic carbocycles. The lowest BCUT2D eigenvalue weighted by Gasteiger charge is -2.18. The van der Waals surface area contributed by atoms with E-state index in [9.17, 15) is 14.4 Å². The topological polar surface area (TPSA) is 78.5 Å². The zero-order chi connectivity index (χ0) is 17.7. The van der Waals surface area contributed by atoms with Crippen LogP contribution in [0.5, 0.6) is 0 Å². The van der Waals surface area contributed by atoms with Crippen molar-refractivity contribution in [3.8, 4) is 0 Å². The van der Waals surface area contributed by atoms with Crippen LogP contribution in [0, 0.1) is 11.8 Å². The highest BCUT2D eigenvalue weighted by atomic mass is 79.9. The average Bonchev–Trinajstić information content (AvgIpc) is 2.87. The van der Waals surface area contributed by atoms with Gasteiger partial charge >= 0.3 is 0 Å². The van der Waals surface area contributed by atoms with E-state index in [1.807, 2.05) is 32.0 Å². The molecule has 0 radical (unpaired) electrons. The van der Waals surface area contributed by atoms with Gasteiger partial charge in [0.15, 0.2) is 0 Å². The number of hydrogen-bond donors (Lipinski definition) is 2. The molecule has 0 spiro atoms. The molecule has 1 aliphatic heterocycles. The number of para-hydroxylation sites is 1. The van der Waals surface area contributed by atoms with Crippen molar-refractivity contribution in [3.05, 3.63) is 28.7 Å². The molecule has 0 unspecified atom stereocenters. The zero-order valence-corrected chi connectivity index (χ0v) is 15.4. The van der Waals surface area contributed by atoms with Crippen LogP contribution in [0.25, 0.3) is 0 Å². The average molecular weight is 396 g/mol. The molecule has 2 rings (SSSR count). The van der Waals surface area contributed by atoms with Crippen molar-refractivity contribution in [1.82, 2.24) is 10.2 Å². The summed E-state index contributed by atoms with van der Waals surface area (Å²) in [6.45, 7) is 5.04. The molecule has 0 bridgehead atoms. The van der Waals surface area contributed by atoms with Crippen LogP contribution in [-0.4, -0.2) is 42.3 Å². The van der Waals surface area contributed by atoms with Gasteiger partial charge < -0.3 is 15.5 Å². The summed E-state index contributed by atoms with van der Waals surface area (Å²) in [4.78, 5) is 37.7. The second kappa shape index (κ2) is 8.28. The van der Waals surface area contributed by atoms with Gasteiger partial charge in [0.05, 0.1) is 18.2 Å². The van der Waals surface area contributed by atoms with Crippen molar-refractivity contribution < 1.29 is 14.4 Å². The molecule has 0 aromatic heterocycles. The fourth-order valence-corrected chi connectivity index (χ4v) is 3.02. The van der Waals surface area contributed by atoms with E-state index in [1.165, 1.54) is 0 Å². The molecule has 1 fully saturated rings.